The fraction of sp³-hybridized carbons (Fsp3) is 0. The van der Waals surface area contributed by atoms with E-state index < -0.39 is 0 Å². The van der Waals surface area contributed by atoms with Crippen LogP contribution in [0.4, 0.5) is 0 Å². The number of aromatic nitrogens is 2. The predicted molar refractivity (Wildman–Crippen MR) is 54.7 cm³/mol. The van der Waals surface area contributed by atoms with Crippen molar-refractivity contribution >= 4 is 5.78 Å². The van der Waals surface area contributed by atoms with Crippen molar-refractivity contribution < 1.29 is 40.9 Å². The van der Waals surface area contributed by atoms with Crippen molar-refractivity contribution in [1.29, 1.82) is 0 Å². The molecule has 1 aromatic carbocycles. The molecule has 76 valence electrons. The monoisotopic (exact) mass is 224 g/mol. The number of nitrogens with zero attached hydrogens (tertiary/aromatic N) is 2. The Morgan fingerprint density at radius 1 is 1.19 bits per heavy atom. The molecule has 4 nitrogen and oxygen atoms in total. The van der Waals surface area contributed by atoms with Crippen LogP contribution in [0.25, 0.3) is 0 Å². The number of rotatable bonds is 2. The van der Waals surface area contributed by atoms with E-state index in [9.17, 15) is 4.79 Å². The van der Waals surface area contributed by atoms with Crippen LogP contribution in [0.5, 0.6) is 5.75 Å². The molecule has 0 aliphatic rings. The summed E-state index contributed by atoms with van der Waals surface area (Å²) < 4.78 is 0. The Hall–Kier alpha value is -1.23. The molecule has 0 atom stereocenters. The second-order valence-electron chi connectivity index (χ2n) is 2.98. The van der Waals surface area contributed by atoms with Crippen LogP contribution in [-0.2, 0) is 0 Å². The van der Waals surface area contributed by atoms with Crippen LogP contribution < -0.4 is 29.6 Å². The number of phenolic OH excluding ortho intramolecular Hbond substituents is 1. The Morgan fingerprint density at radius 3 is 2.44 bits per heavy atom. The first-order valence-electron chi connectivity index (χ1n) is 4.39. The van der Waals surface area contributed by atoms with Gasteiger partial charge in [0.05, 0.1) is 0 Å². The van der Waals surface area contributed by atoms with E-state index in [0.29, 0.717) is 11.3 Å². The zero-order chi connectivity index (χ0) is 10.7. The second-order valence-corrected chi connectivity index (χ2v) is 2.98. The molecule has 0 bridgehead atoms. The van der Waals surface area contributed by atoms with Gasteiger partial charge in [0.1, 0.15) is 11.4 Å². The second kappa shape index (κ2) is 5.75. The minimum absolute atomic E-state index is 0. The van der Waals surface area contributed by atoms with Crippen LogP contribution >= 0.6 is 0 Å². The predicted octanol–water partition coefficient (Wildman–Crippen LogP) is -1.47. The Morgan fingerprint density at radius 2 is 1.88 bits per heavy atom. The largest absolute Gasteiger partial charge is 1.00 e. The number of ketones is 1. The van der Waals surface area contributed by atoms with Gasteiger partial charge in [-0.05, 0) is 36.4 Å². The van der Waals surface area contributed by atoms with Gasteiger partial charge in [0.25, 0.3) is 0 Å². The summed E-state index contributed by atoms with van der Waals surface area (Å²) in [5, 5.41) is 16.4. The van der Waals surface area contributed by atoms with E-state index in [-0.39, 0.29) is 42.5 Å². The number of carbonyl (C=O) groups excluding carboxylic acids is 1. The number of hydrogen-bond donors (Lipinski definition) is 1. The molecule has 1 aromatic heterocycles. The van der Waals surface area contributed by atoms with Gasteiger partial charge in [0, 0.05) is 11.8 Å². The Bertz CT molecular complexity index is 477. The van der Waals surface area contributed by atoms with Gasteiger partial charge in [-0.2, -0.15) is 5.10 Å². The van der Waals surface area contributed by atoms with Crippen molar-refractivity contribution in [3.63, 3.8) is 0 Å². The van der Waals surface area contributed by atoms with E-state index in [1.807, 2.05) is 0 Å². The molecule has 0 amide bonds. The normalized spacial score (nSPS) is 9.25. The third kappa shape index (κ3) is 2.88. The first-order chi connectivity index (χ1) is 7.27. The van der Waals surface area contributed by atoms with E-state index in [1.165, 1.54) is 18.3 Å². The molecule has 0 aliphatic carbocycles. The van der Waals surface area contributed by atoms with Gasteiger partial charge in [0.15, 0.2) is 0 Å². The molecule has 0 saturated carbocycles. The van der Waals surface area contributed by atoms with Crippen molar-refractivity contribution in [2.45, 2.75) is 0 Å². The van der Waals surface area contributed by atoms with Crippen LogP contribution in [0.3, 0.4) is 0 Å². The molecular weight excluding hydrogens is 215 g/mol. The molecule has 0 unspecified atom stereocenters. The van der Waals surface area contributed by atoms with Crippen LogP contribution in [0.15, 0.2) is 42.6 Å². The SMILES string of the molecule is O=C(c1ccc(O)cc1)c1cccnn1.[H-].[Na+]. The van der Waals surface area contributed by atoms with Crippen LogP contribution in [0, 0.1) is 0 Å². The standard InChI is InChI=1S/C11H8N2O2.Na.H/c14-9-5-3-8(4-6-9)11(15)10-2-1-7-12-13-10;;/h1-7,14H;;/q;+1;-1. The average molecular weight is 224 g/mol. The molecular formula is C11H9N2NaO2. The Kier molecular flexibility index (Phi) is 4.61. The van der Waals surface area contributed by atoms with Crippen molar-refractivity contribution in [1.82, 2.24) is 10.2 Å². The van der Waals surface area contributed by atoms with E-state index >= 15 is 0 Å². The summed E-state index contributed by atoms with van der Waals surface area (Å²) in [6.07, 6.45) is 1.51. The zero-order valence-corrected chi connectivity index (χ0v) is 10.8. The Balaban J connectivity index is 0.00000128. The van der Waals surface area contributed by atoms with Crippen molar-refractivity contribution in [3.05, 3.63) is 53.9 Å². The maximum absolute atomic E-state index is 11.8. The number of aromatic hydroxyl groups is 1. The van der Waals surface area contributed by atoms with Gasteiger partial charge in [-0.25, -0.2) is 0 Å². The minimum Gasteiger partial charge on any atom is -1.00 e. The first-order valence-corrected chi connectivity index (χ1v) is 4.39. The first kappa shape index (κ1) is 12.8. The van der Waals surface area contributed by atoms with Gasteiger partial charge in [-0.15, -0.1) is 5.10 Å². The van der Waals surface area contributed by atoms with E-state index in [0.717, 1.165) is 0 Å². The maximum Gasteiger partial charge on any atom is 1.00 e. The van der Waals surface area contributed by atoms with Crippen molar-refractivity contribution in [2.75, 3.05) is 0 Å². The minimum atomic E-state index is -0.205. The van der Waals surface area contributed by atoms with Gasteiger partial charge in [-0.3, -0.25) is 4.79 Å². The van der Waals surface area contributed by atoms with Crippen molar-refractivity contribution in [2.24, 2.45) is 0 Å². The van der Waals surface area contributed by atoms with Gasteiger partial charge in [0.2, 0.25) is 5.78 Å². The summed E-state index contributed by atoms with van der Waals surface area (Å²) in [4.78, 5) is 11.8. The molecule has 1 N–H and O–H groups in total. The molecule has 0 fully saturated rings. The molecule has 0 radical (unpaired) electrons. The van der Waals surface area contributed by atoms with Crippen LogP contribution in [-0.4, -0.2) is 21.1 Å². The molecule has 0 aliphatic heterocycles. The summed E-state index contributed by atoms with van der Waals surface area (Å²) in [6.45, 7) is 0. The summed E-state index contributed by atoms with van der Waals surface area (Å²) in [5.41, 5.74) is 0.775. The molecule has 0 saturated heterocycles. The quantitative estimate of drug-likeness (QED) is 0.499. The van der Waals surface area contributed by atoms with E-state index in [2.05, 4.69) is 10.2 Å². The molecule has 2 aromatic rings. The fourth-order valence-corrected chi connectivity index (χ4v) is 1.18. The number of hydrogen-bond acceptors (Lipinski definition) is 4. The number of carbonyl (C=O) groups is 1. The zero-order valence-electron chi connectivity index (χ0n) is 9.79. The van der Waals surface area contributed by atoms with Gasteiger partial charge >= 0.3 is 29.6 Å². The molecule has 1 heterocycles. The summed E-state index contributed by atoms with van der Waals surface area (Å²) in [5.74, 6) is -0.0752. The smallest absolute Gasteiger partial charge is 1.00 e. The average Bonchev–Trinajstić information content (AvgIpc) is 2.30. The van der Waals surface area contributed by atoms with Crippen LogP contribution in [0.2, 0.25) is 0 Å². The molecule has 0 spiro atoms. The molecule has 5 heteroatoms. The van der Waals surface area contributed by atoms with Crippen molar-refractivity contribution in [3.8, 4) is 5.75 Å². The summed E-state index contributed by atoms with van der Waals surface area (Å²) >= 11 is 0. The van der Waals surface area contributed by atoms with E-state index in [4.69, 9.17) is 5.11 Å². The fourth-order valence-electron chi connectivity index (χ4n) is 1.18. The maximum atomic E-state index is 11.8. The number of phenols is 1. The summed E-state index contributed by atoms with van der Waals surface area (Å²) in [7, 11) is 0. The molecule has 16 heavy (non-hydrogen) atoms. The molecule has 2 rings (SSSR count). The third-order valence-corrected chi connectivity index (χ3v) is 1.93. The Labute approximate surface area is 116 Å². The van der Waals surface area contributed by atoms with Crippen LogP contribution in [0.1, 0.15) is 17.5 Å². The summed E-state index contributed by atoms with van der Waals surface area (Å²) in [6, 6.07) is 9.27. The van der Waals surface area contributed by atoms with Gasteiger partial charge < -0.3 is 6.53 Å². The number of benzene rings is 1. The van der Waals surface area contributed by atoms with E-state index in [1.54, 1.807) is 24.3 Å². The topological polar surface area (TPSA) is 63.1 Å². The van der Waals surface area contributed by atoms with Gasteiger partial charge in [-0.1, -0.05) is 0 Å². The third-order valence-electron chi connectivity index (χ3n) is 1.93.